The molecule has 0 amide bonds. The van der Waals surface area contributed by atoms with Crippen molar-refractivity contribution in [1.29, 1.82) is 0 Å². The van der Waals surface area contributed by atoms with Crippen LogP contribution in [0.4, 0.5) is 0 Å². The number of hydrogen-bond donors (Lipinski definition) is 0. The number of hydrogen-bond acceptors (Lipinski definition) is 4. The molecule has 0 N–H and O–H groups in total. The first-order valence-electron chi connectivity index (χ1n) is 4.94. The van der Waals surface area contributed by atoms with Crippen LogP contribution in [0.1, 0.15) is 13.8 Å². The highest BCUT2D eigenvalue weighted by atomic mass is 16.5. The van der Waals surface area contributed by atoms with Crippen molar-refractivity contribution in [3.05, 3.63) is 0 Å². The van der Waals surface area contributed by atoms with E-state index in [1.54, 1.807) is 7.11 Å². The molecule has 4 nitrogen and oxygen atoms in total. The number of nitrogens with zero attached hydrogens (tertiary/aromatic N) is 1. The van der Waals surface area contributed by atoms with Crippen molar-refractivity contribution >= 4 is 5.78 Å². The number of rotatable bonds is 4. The Hall–Kier alpha value is -0.450. The van der Waals surface area contributed by atoms with E-state index in [-0.39, 0.29) is 12.4 Å². The lowest BCUT2D eigenvalue weighted by Crippen LogP contribution is -2.55. The third-order valence-corrected chi connectivity index (χ3v) is 2.76. The summed E-state index contributed by atoms with van der Waals surface area (Å²) in [6.07, 6.45) is 0. The second kappa shape index (κ2) is 4.87. The summed E-state index contributed by atoms with van der Waals surface area (Å²) in [6.45, 7) is 7.14. The molecular weight excluding hydrogens is 182 g/mol. The van der Waals surface area contributed by atoms with Crippen LogP contribution in [-0.4, -0.2) is 56.2 Å². The van der Waals surface area contributed by atoms with E-state index >= 15 is 0 Å². The Morgan fingerprint density at radius 2 is 2.00 bits per heavy atom. The Labute approximate surface area is 85.2 Å². The lowest BCUT2D eigenvalue weighted by Gasteiger charge is -2.39. The lowest BCUT2D eigenvalue weighted by atomic mass is 9.96. The van der Waals surface area contributed by atoms with Crippen LogP contribution >= 0.6 is 0 Å². The molecule has 1 aliphatic rings. The number of ketones is 1. The van der Waals surface area contributed by atoms with Crippen LogP contribution in [0.3, 0.4) is 0 Å². The average molecular weight is 201 g/mol. The molecule has 0 aromatic heterocycles. The summed E-state index contributed by atoms with van der Waals surface area (Å²) in [6, 6.07) is 0. The largest absolute Gasteiger partial charge is 0.379 e. The van der Waals surface area contributed by atoms with Gasteiger partial charge in [0.25, 0.3) is 0 Å². The number of methoxy groups -OCH3 is 1. The fourth-order valence-electron chi connectivity index (χ4n) is 1.61. The maximum atomic E-state index is 11.8. The summed E-state index contributed by atoms with van der Waals surface area (Å²) in [5.74, 6) is 0.127. The molecule has 0 atom stereocenters. The van der Waals surface area contributed by atoms with E-state index in [4.69, 9.17) is 9.47 Å². The van der Waals surface area contributed by atoms with Crippen LogP contribution in [0.25, 0.3) is 0 Å². The summed E-state index contributed by atoms with van der Waals surface area (Å²) in [5.41, 5.74) is -0.431. The summed E-state index contributed by atoms with van der Waals surface area (Å²) < 4.78 is 10.1. The van der Waals surface area contributed by atoms with E-state index in [2.05, 4.69) is 4.90 Å². The number of carbonyl (C=O) groups is 1. The predicted molar refractivity (Wildman–Crippen MR) is 53.4 cm³/mol. The van der Waals surface area contributed by atoms with Gasteiger partial charge in [0.15, 0.2) is 5.78 Å². The molecule has 1 fully saturated rings. The van der Waals surface area contributed by atoms with Gasteiger partial charge in [-0.1, -0.05) is 0 Å². The third-order valence-electron chi connectivity index (χ3n) is 2.76. The molecule has 14 heavy (non-hydrogen) atoms. The van der Waals surface area contributed by atoms with Crippen molar-refractivity contribution in [2.45, 2.75) is 19.4 Å². The van der Waals surface area contributed by atoms with Gasteiger partial charge in [0.05, 0.1) is 18.8 Å². The number of Topliss-reactive ketones (excluding diaryl/α,β-unsaturated/α-hetero) is 1. The van der Waals surface area contributed by atoms with Gasteiger partial charge in [-0.3, -0.25) is 9.69 Å². The van der Waals surface area contributed by atoms with Gasteiger partial charge in [0, 0.05) is 20.2 Å². The molecule has 4 heteroatoms. The fraction of sp³-hybridized carbons (Fsp3) is 0.900. The van der Waals surface area contributed by atoms with Crippen molar-refractivity contribution < 1.29 is 14.3 Å². The maximum absolute atomic E-state index is 11.8. The van der Waals surface area contributed by atoms with Crippen LogP contribution in [0.5, 0.6) is 0 Å². The van der Waals surface area contributed by atoms with Gasteiger partial charge in [0.2, 0.25) is 0 Å². The fourth-order valence-corrected chi connectivity index (χ4v) is 1.61. The molecule has 82 valence electrons. The first-order chi connectivity index (χ1) is 6.59. The van der Waals surface area contributed by atoms with E-state index in [0.29, 0.717) is 13.2 Å². The number of morpholine rings is 1. The summed E-state index contributed by atoms with van der Waals surface area (Å²) in [7, 11) is 1.55. The monoisotopic (exact) mass is 201 g/mol. The molecule has 1 heterocycles. The van der Waals surface area contributed by atoms with Crippen LogP contribution in [0, 0.1) is 0 Å². The van der Waals surface area contributed by atoms with Crippen LogP contribution in [-0.2, 0) is 14.3 Å². The van der Waals surface area contributed by atoms with Crippen molar-refractivity contribution in [1.82, 2.24) is 4.90 Å². The molecular formula is C10H19NO3. The van der Waals surface area contributed by atoms with E-state index in [1.807, 2.05) is 13.8 Å². The number of carbonyl (C=O) groups excluding carboxylic acids is 1. The second-order valence-electron chi connectivity index (χ2n) is 4.01. The minimum absolute atomic E-state index is 0.127. The molecule has 0 aliphatic carbocycles. The van der Waals surface area contributed by atoms with Gasteiger partial charge in [0.1, 0.15) is 6.61 Å². The summed E-state index contributed by atoms with van der Waals surface area (Å²) in [5, 5.41) is 0. The minimum Gasteiger partial charge on any atom is -0.379 e. The normalized spacial score (nSPS) is 19.6. The minimum atomic E-state index is -0.431. The molecule has 0 unspecified atom stereocenters. The van der Waals surface area contributed by atoms with Crippen molar-refractivity contribution in [3.8, 4) is 0 Å². The van der Waals surface area contributed by atoms with Crippen LogP contribution < -0.4 is 0 Å². The predicted octanol–water partition coefficient (Wildman–Crippen LogP) is 0.313. The van der Waals surface area contributed by atoms with Crippen LogP contribution in [0.15, 0.2) is 0 Å². The third kappa shape index (κ3) is 2.53. The highest BCUT2D eigenvalue weighted by Gasteiger charge is 2.34. The average Bonchev–Trinajstić information content (AvgIpc) is 2.19. The van der Waals surface area contributed by atoms with Crippen molar-refractivity contribution in [2.24, 2.45) is 0 Å². The molecule has 0 aromatic rings. The van der Waals surface area contributed by atoms with E-state index in [9.17, 15) is 4.79 Å². The zero-order chi connectivity index (χ0) is 10.6. The first kappa shape index (κ1) is 11.6. The Balaban J connectivity index is 2.57. The Kier molecular flexibility index (Phi) is 4.04. The van der Waals surface area contributed by atoms with E-state index in [1.165, 1.54) is 0 Å². The molecule has 0 spiro atoms. The molecule has 0 radical (unpaired) electrons. The lowest BCUT2D eigenvalue weighted by molar-refractivity contribution is -0.136. The van der Waals surface area contributed by atoms with E-state index < -0.39 is 5.54 Å². The van der Waals surface area contributed by atoms with Gasteiger partial charge in [-0.15, -0.1) is 0 Å². The van der Waals surface area contributed by atoms with Crippen LogP contribution in [0.2, 0.25) is 0 Å². The molecule has 1 rings (SSSR count). The summed E-state index contributed by atoms with van der Waals surface area (Å²) in [4.78, 5) is 13.9. The molecule has 1 saturated heterocycles. The van der Waals surface area contributed by atoms with Gasteiger partial charge in [-0.25, -0.2) is 0 Å². The smallest absolute Gasteiger partial charge is 0.178 e. The first-order valence-corrected chi connectivity index (χ1v) is 4.94. The zero-order valence-corrected chi connectivity index (χ0v) is 9.21. The van der Waals surface area contributed by atoms with Gasteiger partial charge in [-0.05, 0) is 13.8 Å². The molecule has 0 bridgehead atoms. The molecule has 1 aliphatic heterocycles. The molecule has 0 aromatic carbocycles. The zero-order valence-electron chi connectivity index (χ0n) is 9.21. The maximum Gasteiger partial charge on any atom is 0.178 e. The quantitative estimate of drug-likeness (QED) is 0.656. The topological polar surface area (TPSA) is 38.8 Å². The highest BCUT2D eigenvalue weighted by Crippen LogP contribution is 2.17. The standard InChI is InChI=1S/C10H19NO3/c1-10(2,9(12)8-13-3)11-4-6-14-7-5-11/h4-8H2,1-3H3. The highest BCUT2D eigenvalue weighted by molar-refractivity contribution is 5.88. The number of ether oxygens (including phenoxy) is 2. The Morgan fingerprint density at radius 1 is 1.43 bits per heavy atom. The second-order valence-corrected chi connectivity index (χ2v) is 4.01. The van der Waals surface area contributed by atoms with E-state index in [0.717, 1.165) is 13.1 Å². The summed E-state index contributed by atoms with van der Waals surface area (Å²) >= 11 is 0. The van der Waals surface area contributed by atoms with Crippen molar-refractivity contribution in [2.75, 3.05) is 40.0 Å². The Morgan fingerprint density at radius 3 is 2.50 bits per heavy atom. The SMILES string of the molecule is COCC(=O)C(C)(C)N1CCOCC1. The van der Waals surface area contributed by atoms with Gasteiger partial charge >= 0.3 is 0 Å². The van der Waals surface area contributed by atoms with Crippen molar-refractivity contribution in [3.63, 3.8) is 0 Å². The van der Waals surface area contributed by atoms with Gasteiger partial charge in [-0.2, -0.15) is 0 Å². The Bertz CT molecular complexity index is 198. The van der Waals surface area contributed by atoms with Gasteiger partial charge < -0.3 is 9.47 Å². The molecule has 0 saturated carbocycles.